The average Bonchev–Trinajstić information content (AvgIpc) is 2.66. The molecule has 18 heavy (non-hydrogen) atoms. The molecule has 0 radical (unpaired) electrons. The first-order valence-electron chi connectivity index (χ1n) is 5.45. The van der Waals surface area contributed by atoms with Gasteiger partial charge in [0.25, 0.3) is 0 Å². The molecule has 98 valence electrons. The van der Waals surface area contributed by atoms with Gasteiger partial charge in [-0.05, 0) is 12.1 Å². The number of aliphatic hydroxyl groups excluding tert-OH is 2. The molecule has 1 aromatic carbocycles. The van der Waals surface area contributed by atoms with Crippen LogP contribution in [0.4, 0.5) is 0 Å². The summed E-state index contributed by atoms with van der Waals surface area (Å²) in [5.74, 6) is -0.613. The van der Waals surface area contributed by atoms with Gasteiger partial charge in [-0.2, -0.15) is 0 Å². The Morgan fingerprint density at radius 2 is 2.06 bits per heavy atom. The predicted octanol–water partition coefficient (Wildman–Crippen LogP) is -0.716. The molecule has 0 spiro atoms. The van der Waals surface area contributed by atoms with Gasteiger partial charge in [-0.3, -0.25) is 0 Å². The third-order valence-corrected chi connectivity index (χ3v) is 2.79. The summed E-state index contributed by atoms with van der Waals surface area (Å²) in [6.45, 7) is -0.740. The van der Waals surface area contributed by atoms with E-state index >= 15 is 0 Å². The van der Waals surface area contributed by atoms with Crippen molar-refractivity contribution < 1.29 is 29.6 Å². The molecular weight excluding hydrogens is 240 g/mol. The van der Waals surface area contributed by atoms with E-state index in [1.165, 1.54) is 0 Å². The second-order valence-electron chi connectivity index (χ2n) is 4.19. The van der Waals surface area contributed by atoms with Crippen molar-refractivity contribution in [3.8, 4) is 0 Å². The summed E-state index contributed by atoms with van der Waals surface area (Å²) < 4.78 is 9.58. The topological polar surface area (TPSA) is 96.2 Å². The summed E-state index contributed by atoms with van der Waals surface area (Å²) in [5, 5.41) is 28.5. The van der Waals surface area contributed by atoms with Crippen molar-refractivity contribution >= 4 is 5.97 Å². The fraction of sp³-hybridized carbons (Fsp3) is 0.417. The summed E-state index contributed by atoms with van der Waals surface area (Å²) in [5.41, 5.74) is -1.43. The fourth-order valence-electron chi connectivity index (χ4n) is 1.65. The van der Waals surface area contributed by atoms with Crippen molar-refractivity contribution in [1.82, 2.24) is 0 Å². The zero-order valence-electron chi connectivity index (χ0n) is 9.52. The van der Waals surface area contributed by atoms with Crippen LogP contribution >= 0.6 is 0 Å². The average molecular weight is 254 g/mol. The van der Waals surface area contributed by atoms with Crippen LogP contribution in [0.1, 0.15) is 10.4 Å². The third kappa shape index (κ3) is 2.51. The molecule has 1 aliphatic heterocycles. The molecule has 1 aromatic rings. The highest BCUT2D eigenvalue weighted by Crippen LogP contribution is 2.24. The van der Waals surface area contributed by atoms with Crippen molar-refractivity contribution in [2.24, 2.45) is 0 Å². The first-order valence-corrected chi connectivity index (χ1v) is 5.45. The van der Waals surface area contributed by atoms with E-state index < -0.39 is 30.6 Å². The smallest absolute Gasteiger partial charge is 0.338 e. The van der Waals surface area contributed by atoms with Gasteiger partial charge in [0.2, 0.25) is 0 Å². The van der Waals surface area contributed by atoms with Crippen LogP contribution in [0.2, 0.25) is 0 Å². The number of hydrogen-bond acceptors (Lipinski definition) is 6. The highest BCUT2D eigenvalue weighted by atomic mass is 16.6. The van der Waals surface area contributed by atoms with Crippen LogP contribution in [0.3, 0.4) is 0 Å². The van der Waals surface area contributed by atoms with Crippen molar-refractivity contribution in [3.05, 3.63) is 35.9 Å². The molecule has 1 aliphatic rings. The Morgan fingerprint density at radius 3 is 2.61 bits per heavy atom. The molecule has 0 bridgehead atoms. The summed E-state index contributed by atoms with van der Waals surface area (Å²) in [7, 11) is 0. The van der Waals surface area contributed by atoms with E-state index in [0.717, 1.165) is 0 Å². The maximum Gasteiger partial charge on any atom is 0.338 e. The highest BCUT2D eigenvalue weighted by Gasteiger charge is 2.48. The molecule has 1 fully saturated rings. The Labute approximate surface area is 103 Å². The Bertz CT molecular complexity index is 420. The number of carbonyl (C=O) groups excluding carboxylic acids is 1. The van der Waals surface area contributed by atoms with Gasteiger partial charge in [-0.1, -0.05) is 18.2 Å². The summed E-state index contributed by atoms with van der Waals surface area (Å²) >= 11 is 0. The monoisotopic (exact) mass is 254 g/mol. The van der Waals surface area contributed by atoms with Crippen molar-refractivity contribution in [2.45, 2.75) is 18.0 Å². The summed E-state index contributed by atoms with van der Waals surface area (Å²) in [4.78, 5) is 11.6. The van der Waals surface area contributed by atoms with Crippen LogP contribution < -0.4 is 0 Å². The number of carbonyl (C=O) groups is 1. The minimum absolute atomic E-state index is 0.294. The van der Waals surface area contributed by atoms with Crippen LogP contribution in [0.15, 0.2) is 30.3 Å². The Kier molecular flexibility index (Phi) is 3.63. The zero-order valence-corrected chi connectivity index (χ0v) is 9.52. The molecule has 0 amide bonds. The van der Waals surface area contributed by atoms with Crippen molar-refractivity contribution in [2.75, 3.05) is 13.2 Å². The minimum Gasteiger partial charge on any atom is -0.459 e. The molecule has 3 N–H and O–H groups in total. The van der Waals surface area contributed by atoms with Gasteiger partial charge in [-0.25, -0.2) is 4.79 Å². The van der Waals surface area contributed by atoms with Crippen LogP contribution in [-0.2, 0) is 9.47 Å². The first-order chi connectivity index (χ1) is 8.53. The molecule has 1 saturated heterocycles. The molecule has 6 heteroatoms. The SMILES string of the molecule is O=C(OC[C@@]1(O)COC(O)[C@@H]1O)c1ccccc1. The van der Waals surface area contributed by atoms with Gasteiger partial charge in [-0.15, -0.1) is 0 Å². The maximum absolute atomic E-state index is 11.6. The Balaban J connectivity index is 1.94. The summed E-state index contributed by atoms with van der Waals surface area (Å²) in [6, 6.07) is 8.27. The lowest BCUT2D eigenvalue weighted by Gasteiger charge is -2.24. The largest absolute Gasteiger partial charge is 0.459 e. The van der Waals surface area contributed by atoms with E-state index in [9.17, 15) is 15.0 Å². The van der Waals surface area contributed by atoms with E-state index in [1.54, 1.807) is 30.3 Å². The van der Waals surface area contributed by atoms with Crippen molar-refractivity contribution in [3.63, 3.8) is 0 Å². The van der Waals surface area contributed by atoms with Crippen LogP contribution in [0.5, 0.6) is 0 Å². The maximum atomic E-state index is 11.6. The van der Waals surface area contributed by atoms with Gasteiger partial charge >= 0.3 is 5.97 Å². The van der Waals surface area contributed by atoms with Gasteiger partial charge in [0, 0.05) is 0 Å². The molecule has 1 unspecified atom stereocenters. The van der Waals surface area contributed by atoms with Crippen LogP contribution in [0.25, 0.3) is 0 Å². The Morgan fingerprint density at radius 1 is 1.39 bits per heavy atom. The number of benzene rings is 1. The minimum atomic E-state index is -1.77. The van der Waals surface area contributed by atoms with E-state index in [4.69, 9.17) is 9.84 Å². The second kappa shape index (κ2) is 5.03. The van der Waals surface area contributed by atoms with E-state index in [1.807, 2.05) is 0 Å². The molecule has 0 saturated carbocycles. The molecule has 0 aliphatic carbocycles. The number of hydrogen-bond donors (Lipinski definition) is 3. The standard InChI is InChI=1S/C12H14O6/c13-9-11(15)18-7-12(9,16)6-17-10(14)8-4-2-1-3-5-8/h1-5,9,11,13,15-16H,6-7H2/t9-,11?,12+/m0/s1. The van der Waals surface area contributed by atoms with E-state index in [2.05, 4.69) is 4.74 Å². The number of esters is 1. The fourth-order valence-corrected chi connectivity index (χ4v) is 1.65. The number of ether oxygens (including phenoxy) is 2. The highest BCUT2D eigenvalue weighted by molar-refractivity contribution is 5.89. The van der Waals surface area contributed by atoms with Gasteiger partial charge in [0.15, 0.2) is 11.9 Å². The number of rotatable bonds is 3. The predicted molar refractivity (Wildman–Crippen MR) is 59.6 cm³/mol. The lowest BCUT2D eigenvalue weighted by atomic mass is 10.0. The van der Waals surface area contributed by atoms with Gasteiger partial charge < -0.3 is 24.8 Å². The van der Waals surface area contributed by atoms with Gasteiger partial charge in [0.05, 0.1) is 12.2 Å². The van der Waals surface area contributed by atoms with Gasteiger partial charge in [0.1, 0.15) is 12.7 Å². The van der Waals surface area contributed by atoms with E-state index in [0.29, 0.717) is 5.56 Å². The Hall–Kier alpha value is -1.47. The lowest BCUT2D eigenvalue weighted by Crippen LogP contribution is -2.48. The molecule has 3 atom stereocenters. The quantitative estimate of drug-likeness (QED) is 0.616. The molecule has 1 heterocycles. The molecular formula is C12H14O6. The lowest BCUT2D eigenvalue weighted by molar-refractivity contribution is -0.129. The second-order valence-corrected chi connectivity index (χ2v) is 4.19. The molecule has 0 aromatic heterocycles. The van der Waals surface area contributed by atoms with Crippen molar-refractivity contribution in [1.29, 1.82) is 0 Å². The summed E-state index contributed by atoms with van der Waals surface area (Å²) in [6.07, 6.45) is -2.97. The molecule has 2 rings (SSSR count). The number of aliphatic hydroxyl groups is 3. The first kappa shape index (κ1) is 13.0. The van der Waals surface area contributed by atoms with Crippen LogP contribution in [-0.4, -0.2) is 52.5 Å². The molecule has 6 nitrogen and oxygen atoms in total. The zero-order chi connectivity index (χ0) is 13.2. The third-order valence-electron chi connectivity index (χ3n) is 2.79. The normalized spacial score (nSPS) is 31.3. The van der Waals surface area contributed by atoms with Crippen LogP contribution in [0, 0.1) is 0 Å². The van der Waals surface area contributed by atoms with E-state index in [-0.39, 0.29) is 6.61 Å².